The fraction of sp³-hybridized carbons (Fsp3) is 0.827. The summed E-state index contributed by atoms with van der Waals surface area (Å²) in [6, 6.07) is 0. The topological polar surface area (TPSA) is 256 Å². The molecular weight excluding hydrogens is 1250 g/mol. The van der Waals surface area contributed by atoms with Gasteiger partial charge in [-0.25, -0.2) is 14.6 Å². The molecule has 3 rings (SSSR count). The van der Waals surface area contributed by atoms with Crippen LogP contribution in [0.1, 0.15) is 398 Å². The zero-order chi connectivity index (χ0) is 72.1. The first-order chi connectivity index (χ1) is 48.1. The third-order valence-corrected chi connectivity index (χ3v) is 19.9. The number of carbonyl (C=O) groups excluding carboxylic acids is 4. The van der Waals surface area contributed by atoms with Crippen molar-refractivity contribution in [1.82, 2.24) is 19.3 Å². The molecule has 4 N–H and O–H groups in total. The van der Waals surface area contributed by atoms with Crippen LogP contribution in [0.4, 0.5) is 0 Å². The smallest absolute Gasteiger partial charge is 0.386 e. The lowest BCUT2D eigenvalue weighted by molar-refractivity contribution is -0.271. The van der Waals surface area contributed by atoms with E-state index < -0.39 is 77.8 Å². The summed E-state index contributed by atoms with van der Waals surface area (Å²) in [7, 11) is 0. The highest BCUT2D eigenvalue weighted by atomic mass is 16.7. The van der Waals surface area contributed by atoms with Gasteiger partial charge in [-0.15, -0.1) is 0 Å². The first kappa shape index (κ1) is 88.4. The summed E-state index contributed by atoms with van der Waals surface area (Å²) >= 11 is 0. The lowest BCUT2D eigenvalue weighted by Crippen LogP contribution is -2.56. The van der Waals surface area contributed by atoms with Gasteiger partial charge in [0.15, 0.2) is 23.0 Å². The van der Waals surface area contributed by atoms with Crippen LogP contribution in [0.5, 0.6) is 11.5 Å². The molecule has 0 aromatic heterocycles. The summed E-state index contributed by atoms with van der Waals surface area (Å²) in [5.74, 6) is -7.24. The van der Waals surface area contributed by atoms with Crippen molar-refractivity contribution in [3.63, 3.8) is 0 Å². The van der Waals surface area contributed by atoms with Crippen molar-refractivity contribution in [3.8, 4) is 23.0 Å². The maximum absolute atomic E-state index is 14.9. The van der Waals surface area contributed by atoms with Crippen molar-refractivity contribution in [2.75, 3.05) is 6.61 Å². The molecule has 0 fully saturated rings. The van der Waals surface area contributed by atoms with Crippen molar-refractivity contribution >= 4 is 34.9 Å². The molecule has 1 aromatic carbocycles. The van der Waals surface area contributed by atoms with Crippen LogP contribution in [-0.2, 0) is 30.5 Å². The fourth-order valence-corrected chi connectivity index (χ4v) is 13.4. The molecule has 99 heavy (non-hydrogen) atoms. The number of benzene rings is 1. The van der Waals surface area contributed by atoms with Gasteiger partial charge >= 0.3 is 35.1 Å². The van der Waals surface area contributed by atoms with E-state index in [2.05, 4.69) is 32.7 Å². The van der Waals surface area contributed by atoms with Gasteiger partial charge in [-0.05, 0) is 39.5 Å². The summed E-state index contributed by atoms with van der Waals surface area (Å²) < 4.78 is 19.5. The lowest BCUT2D eigenvalue weighted by Gasteiger charge is -2.36. The van der Waals surface area contributed by atoms with E-state index >= 15 is 0 Å². The number of hydrogen-bond acceptors (Lipinski definition) is 16. The van der Waals surface area contributed by atoms with E-state index in [0.717, 1.165) is 114 Å². The Morgan fingerprint density at radius 3 is 1.04 bits per heavy atom. The van der Waals surface area contributed by atoms with Crippen molar-refractivity contribution in [2.45, 2.75) is 426 Å². The van der Waals surface area contributed by atoms with Crippen molar-refractivity contribution < 1.29 is 58.7 Å². The van der Waals surface area contributed by atoms with Crippen LogP contribution in [0, 0.1) is 13.8 Å². The zero-order valence-electron chi connectivity index (χ0n) is 63.3. The van der Waals surface area contributed by atoms with E-state index in [1.54, 1.807) is 13.8 Å². The monoisotopic (exact) mass is 1390 g/mol. The number of fused-ring (bicyclic) bond motifs is 2. The number of carbonyl (C=O) groups is 4. The SMILES string of the molecule is CCCCCCCCCCCCCCCC(=O)Oc1c(C)c(C)c(OC(=O)CCCCCCCCCCCCCCC)c2c1nc1c(=O)n(OC(=O)CCCCCCCCCCCCCCC)c(=O)nc-1n2CC(O)(OC(=O)CCCCCCCCCCCCCCC)C(O)C(O)CO. The highest BCUT2D eigenvalue weighted by Crippen LogP contribution is 2.43. The van der Waals surface area contributed by atoms with Gasteiger partial charge in [0.2, 0.25) is 0 Å². The summed E-state index contributed by atoms with van der Waals surface area (Å²) in [6.45, 7) is 9.92. The van der Waals surface area contributed by atoms with Crippen LogP contribution >= 0.6 is 0 Å². The molecule has 18 heteroatoms. The molecule has 0 bridgehead atoms. The highest BCUT2D eigenvalue weighted by Gasteiger charge is 2.46. The number of esters is 3. The molecule has 568 valence electrons. The van der Waals surface area contributed by atoms with Gasteiger partial charge in [0.1, 0.15) is 23.2 Å². The average Bonchev–Trinajstić information content (AvgIpc) is 0.722. The predicted octanol–water partition coefficient (Wildman–Crippen LogP) is 19.3. The van der Waals surface area contributed by atoms with Crippen LogP contribution in [0.3, 0.4) is 0 Å². The van der Waals surface area contributed by atoms with E-state index in [1.807, 2.05) is 0 Å². The van der Waals surface area contributed by atoms with E-state index in [9.17, 15) is 49.2 Å². The fourth-order valence-electron chi connectivity index (χ4n) is 13.4. The Morgan fingerprint density at radius 2 is 0.707 bits per heavy atom. The number of nitrogens with zero attached hydrogens (tertiary/aromatic N) is 4. The quantitative estimate of drug-likeness (QED) is 0.0135. The molecule has 3 atom stereocenters. The number of aromatic nitrogens is 4. The first-order valence-corrected chi connectivity index (χ1v) is 40.6. The van der Waals surface area contributed by atoms with Crippen LogP contribution in [0.15, 0.2) is 9.59 Å². The second-order valence-electron chi connectivity index (χ2n) is 28.9. The van der Waals surface area contributed by atoms with Gasteiger partial charge in [-0.2, -0.15) is 4.98 Å². The molecule has 18 nitrogen and oxygen atoms in total. The Balaban J connectivity index is 2.08. The van der Waals surface area contributed by atoms with Gasteiger partial charge in [-0.1, -0.05) is 341 Å². The second-order valence-corrected chi connectivity index (χ2v) is 28.9. The van der Waals surface area contributed by atoms with Crippen LogP contribution in [0.25, 0.3) is 22.6 Å². The number of unbranched alkanes of at least 4 members (excludes halogenated alkanes) is 48. The average molecular weight is 1390 g/mol. The molecule has 2 aliphatic heterocycles. The molecular formula is C81H140N4O14. The van der Waals surface area contributed by atoms with Gasteiger partial charge in [0.25, 0.3) is 5.79 Å². The minimum atomic E-state index is -3.17. The summed E-state index contributed by atoms with van der Waals surface area (Å²) in [6.07, 6.45) is 51.8. The third kappa shape index (κ3) is 36.8. The molecule has 2 heterocycles. The normalized spacial score (nSPS) is 12.9. The summed E-state index contributed by atoms with van der Waals surface area (Å²) in [5.41, 5.74) is -3.26. The molecule has 0 saturated heterocycles. The standard InChI is InChI=1S/C81H140N4O14/c1-7-11-15-19-23-27-31-35-39-43-47-51-55-59-68(88)96-75-65(5)66(6)76(97-69(89)60-56-52-48-44-40-36-32-28-24-20-16-12-8-2)74-72(75)82-73-78(83-80(94)85(79(73)93)99-71(91)62-58-54-50-46-42-38-34-30-26-22-18-14-10-4)84(74)64-81(95,77(92)67(87)63-86)98-70(90)61-57-53-49-45-41-37-33-29-25-21-17-13-9-3/h67,77,86-87,92,95H,7-64H2,1-6H3. The Hall–Kier alpha value is -4.78. The van der Waals surface area contributed by atoms with Gasteiger partial charge in [-0.3, -0.25) is 19.2 Å². The van der Waals surface area contributed by atoms with E-state index in [-0.39, 0.29) is 64.1 Å². The molecule has 1 aromatic rings. The molecule has 0 saturated carbocycles. The Bertz CT molecular complexity index is 2730. The number of aliphatic hydroxyl groups excluding tert-OH is 3. The second kappa shape index (κ2) is 55.8. The molecule has 0 spiro atoms. The van der Waals surface area contributed by atoms with Gasteiger partial charge in [0, 0.05) is 36.8 Å². The number of hydrogen-bond donors (Lipinski definition) is 4. The number of aliphatic hydroxyl groups is 4. The number of ether oxygens (including phenoxy) is 3. The van der Waals surface area contributed by atoms with Crippen LogP contribution < -0.4 is 25.6 Å². The highest BCUT2D eigenvalue weighted by molar-refractivity contribution is 5.96. The zero-order valence-corrected chi connectivity index (χ0v) is 63.3. The molecule has 2 aliphatic rings. The third-order valence-electron chi connectivity index (χ3n) is 19.9. The Morgan fingerprint density at radius 1 is 0.414 bits per heavy atom. The van der Waals surface area contributed by atoms with E-state index in [4.69, 9.17) is 24.0 Å². The molecule has 0 aliphatic carbocycles. The van der Waals surface area contributed by atoms with Crippen LogP contribution in [-0.4, -0.2) is 88.2 Å². The van der Waals surface area contributed by atoms with Crippen molar-refractivity contribution in [3.05, 3.63) is 32.0 Å². The minimum absolute atomic E-state index is 0.00486. The predicted molar refractivity (Wildman–Crippen MR) is 398 cm³/mol. The summed E-state index contributed by atoms with van der Waals surface area (Å²) in [5, 5.41) is 45.9. The molecule has 0 amide bonds. The Kier molecular flexibility index (Phi) is 49.8. The van der Waals surface area contributed by atoms with Crippen LogP contribution in [0.2, 0.25) is 0 Å². The van der Waals surface area contributed by atoms with Crippen molar-refractivity contribution in [2.24, 2.45) is 0 Å². The minimum Gasteiger partial charge on any atom is -0.428 e. The first-order valence-electron chi connectivity index (χ1n) is 40.6. The van der Waals surface area contributed by atoms with Gasteiger partial charge in [0.05, 0.1) is 13.2 Å². The summed E-state index contributed by atoms with van der Waals surface area (Å²) in [4.78, 5) is 99.5. The lowest BCUT2D eigenvalue weighted by atomic mass is 10.0. The van der Waals surface area contributed by atoms with Crippen molar-refractivity contribution in [1.29, 1.82) is 0 Å². The maximum atomic E-state index is 14.9. The van der Waals surface area contributed by atoms with E-state index in [1.165, 1.54) is 193 Å². The molecule has 3 unspecified atom stereocenters. The molecule has 0 radical (unpaired) electrons. The van der Waals surface area contributed by atoms with E-state index in [0.29, 0.717) is 32.1 Å². The number of rotatable bonds is 65. The van der Waals surface area contributed by atoms with Gasteiger partial charge < -0.3 is 44.0 Å². The Labute approximate surface area is 597 Å². The largest absolute Gasteiger partial charge is 0.428 e. The maximum Gasteiger partial charge on any atom is 0.386 e.